The first-order valence-electron chi connectivity index (χ1n) is 5.87. The van der Waals surface area contributed by atoms with Gasteiger partial charge in [0.2, 0.25) is 0 Å². The van der Waals surface area contributed by atoms with Gasteiger partial charge in [0.1, 0.15) is 11.6 Å². The highest BCUT2D eigenvalue weighted by atomic mass is 35.5. The first kappa shape index (κ1) is 15.4. The molecule has 112 valence electrons. The minimum absolute atomic E-state index is 0.241. The van der Waals surface area contributed by atoms with Crippen molar-refractivity contribution >= 4 is 17.3 Å². The van der Waals surface area contributed by atoms with Gasteiger partial charge in [-0.15, -0.1) is 13.2 Å². The summed E-state index contributed by atoms with van der Waals surface area (Å²) < 4.78 is 53.1. The van der Waals surface area contributed by atoms with E-state index in [4.69, 9.17) is 11.6 Å². The first-order chi connectivity index (χ1) is 9.83. The molecule has 0 bridgehead atoms. The van der Waals surface area contributed by atoms with Crippen LogP contribution in [0.15, 0.2) is 42.5 Å². The van der Waals surface area contributed by atoms with Crippen LogP contribution >= 0.6 is 11.6 Å². The molecule has 0 saturated heterocycles. The lowest BCUT2D eigenvalue weighted by atomic mass is 10.2. The Morgan fingerprint density at radius 2 is 1.86 bits per heavy atom. The fourth-order valence-corrected chi connectivity index (χ4v) is 1.90. The van der Waals surface area contributed by atoms with Crippen molar-refractivity contribution in [3.05, 3.63) is 58.9 Å². The minimum atomic E-state index is -4.74. The zero-order valence-electron chi connectivity index (χ0n) is 10.5. The number of anilines is 1. The average Bonchev–Trinajstić information content (AvgIpc) is 2.36. The van der Waals surface area contributed by atoms with Crippen molar-refractivity contribution in [3.63, 3.8) is 0 Å². The summed E-state index contributed by atoms with van der Waals surface area (Å²) in [5.74, 6) is -0.776. The molecule has 2 rings (SSSR count). The number of alkyl halides is 3. The van der Waals surface area contributed by atoms with Crippen molar-refractivity contribution in [2.24, 2.45) is 0 Å². The molecule has 21 heavy (non-hydrogen) atoms. The molecule has 0 spiro atoms. The van der Waals surface area contributed by atoms with Gasteiger partial charge in [-0.3, -0.25) is 0 Å². The third kappa shape index (κ3) is 4.82. The quantitative estimate of drug-likeness (QED) is 0.802. The normalized spacial score (nSPS) is 11.3. The third-order valence-corrected chi connectivity index (χ3v) is 2.92. The second-order valence-electron chi connectivity index (χ2n) is 4.16. The van der Waals surface area contributed by atoms with Gasteiger partial charge in [-0.2, -0.15) is 0 Å². The highest BCUT2D eigenvalue weighted by molar-refractivity contribution is 6.31. The summed E-state index contributed by atoms with van der Waals surface area (Å²) in [6.07, 6.45) is -4.74. The molecule has 0 fully saturated rings. The number of halogens is 5. The van der Waals surface area contributed by atoms with E-state index in [1.807, 2.05) is 0 Å². The second-order valence-corrected chi connectivity index (χ2v) is 4.57. The number of benzene rings is 2. The Bertz CT molecular complexity index is 631. The molecule has 0 aromatic heterocycles. The van der Waals surface area contributed by atoms with Gasteiger partial charge in [-0.25, -0.2) is 4.39 Å². The third-order valence-electron chi connectivity index (χ3n) is 2.57. The van der Waals surface area contributed by atoms with Gasteiger partial charge in [0, 0.05) is 23.3 Å². The van der Waals surface area contributed by atoms with Crippen LogP contribution in [0.4, 0.5) is 23.2 Å². The van der Waals surface area contributed by atoms with Crippen LogP contribution in [0, 0.1) is 5.82 Å². The molecule has 0 unspecified atom stereocenters. The molecule has 2 aromatic rings. The van der Waals surface area contributed by atoms with E-state index in [0.717, 1.165) is 0 Å². The number of rotatable bonds is 4. The molecule has 0 aliphatic carbocycles. The van der Waals surface area contributed by atoms with Crippen LogP contribution in [-0.2, 0) is 6.54 Å². The fourth-order valence-electron chi connectivity index (χ4n) is 1.67. The van der Waals surface area contributed by atoms with E-state index in [9.17, 15) is 17.6 Å². The first-order valence-corrected chi connectivity index (χ1v) is 6.25. The molecule has 0 saturated carbocycles. The lowest BCUT2D eigenvalue weighted by Crippen LogP contribution is -2.17. The van der Waals surface area contributed by atoms with Crippen molar-refractivity contribution in [1.29, 1.82) is 0 Å². The van der Waals surface area contributed by atoms with Crippen molar-refractivity contribution in [1.82, 2.24) is 0 Å². The number of hydrogen-bond donors (Lipinski definition) is 1. The van der Waals surface area contributed by atoms with E-state index in [2.05, 4.69) is 10.1 Å². The fraction of sp³-hybridized carbons (Fsp3) is 0.143. The summed E-state index contributed by atoms with van der Waals surface area (Å²) >= 11 is 5.86. The summed E-state index contributed by atoms with van der Waals surface area (Å²) in [5.41, 5.74) is 1.05. The topological polar surface area (TPSA) is 21.3 Å². The maximum atomic E-state index is 12.9. The van der Waals surface area contributed by atoms with E-state index < -0.39 is 12.2 Å². The van der Waals surface area contributed by atoms with Crippen molar-refractivity contribution in [3.8, 4) is 5.75 Å². The standard InChI is InChI=1S/C14H10ClF4NO/c15-13-6-10(16)5-4-9(13)8-20-11-2-1-3-12(7-11)21-14(17,18)19/h1-7,20H,8H2. The van der Waals surface area contributed by atoms with Crippen molar-refractivity contribution < 1.29 is 22.3 Å². The molecule has 2 aromatic carbocycles. The van der Waals surface area contributed by atoms with Crippen LogP contribution in [0.1, 0.15) is 5.56 Å². The number of nitrogens with one attached hydrogen (secondary N) is 1. The smallest absolute Gasteiger partial charge is 0.406 e. The predicted molar refractivity (Wildman–Crippen MR) is 71.9 cm³/mol. The lowest BCUT2D eigenvalue weighted by molar-refractivity contribution is -0.274. The molecule has 7 heteroatoms. The Balaban J connectivity index is 2.05. The summed E-state index contributed by atoms with van der Waals surface area (Å²) in [6, 6.07) is 9.35. The van der Waals surface area contributed by atoms with E-state index >= 15 is 0 Å². The summed E-state index contributed by atoms with van der Waals surface area (Å²) in [4.78, 5) is 0. The molecule has 0 heterocycles. The van der Waals surface area contributed by atoms with Crippen molar-refractivity contribution in [2.45, 2.75) is 12.9 Å². The summed E-state index contributed by atoms with van der Waals surface area (Å²) in [6.45, 7) is 0.245. The SMILES string of the molecule is Fc1ccc(CNc2cccc(OC(F)(F)F)c2)c(Cl)c1. The lowest BCUT2D eigenvalue weighted by Gasteiger charge is -2.12. The molecule has 2 nitrogen and oxygen atoms in total. The molecule has 0 aliphatic rings. The van der Waals surface area contributed by atoms with Crippen LogP contribution in [0.2, 0.25) is 5.02 Å². The maximum absolute atomic E-state index is 12.9. The Labute approximate surface area is 123 Å². The van der Waals surface area contributed by atoms with E-state index in [-0.39, 0.29) is 17.3 Å². The Hall–Kier alpha value is -1.95. The monoisotopic (exact) mass is 319 g/mol. The zero-order valence-corrected chi connectivity index (χ0v) is 11.3. The predicted octanol–water partition coefficient (Wildman–Crippen LogP) is 4.99. The minimum Gasteiger partial charge on any atom is -0.406 e. The van der Waals surface area contributed by atoms with E-state index in [1.54, 1.807) is 6.07 Å². The Morgan fingerprint density at radius 1 is 1.10 bits per heavy atom. The molecule has 0 radical (unpaired) electrons. The van der Waals surface area contributed by atoms with Gasteiger partial charge in [0.05, 0.1) is 0 Å². The van der Waals surface area contributed by atoms with Crippen LogP contribution in [0.5, 0.6) is 5.75 Å². The highest BCUT2D eigenvalue weighted by Gasteiger charge is 2.31. The van der Waals surface area contributed by atoms with Crippen LogP contribution in [-0.4, -0.2) is 6.36 Å². The van der Waals surface area contributed by atoms with Crippen LogP contribution < -0.4 is 10.1 Å². The molecule has 0 aliphatic heterocycles. The van der Waals surface area contributed by atoms with Crippen LogP contribution in [0.3, 0.4) is 0 Å². The Morgan fingerprint density at radius 3 is 2.52 bits per heavy atom. The van der Waals surface area contributed by atoms with Crippen LogP contribution in [0.25, 0.3) is 0 Å². The van der Waals surface area contributed by atoms with Gasteiger partial charge in [-0.05, 0) is 29.8 Å². The maximum Gasteiger partial charge on any atom is 0.573 e. The van der Waals surface area contributed by atoms with E-state index in [1.165, 1.54) is 36.4 Å². The second kappa shape index (κ2) is 6.22. The number of hydrogen-bond acceptors (Lipinski definition) is 2. The molecular formula is C14H10ClF4NO. The molecule has 1 N–H and O–H groups in total. The van der Waals surface area contributed by atoms with Gasteiger partial charge >= 0.3 is 6.36 Å². The van der Waals surface area contributed by atoms with Gasteiger partial charge in [0.15, 0.2) is 0 Å². The van der Waals surface area contributed by atoms with Gasteiger partial charge < -0.3 is 10.1 Å². The molecular weight excluding hydrogens is 310 g/mol. The van der Waals surface area contributed by atoms with Gasteiger partial charge in [-0.1, -0.05) is 23.7 Å². The van der Waals surface area contributed by atoms with Crippen molar-refractivity contribution in [2.75, 3.05) is 5.32 Å². The largest absolute Gasteiger partial charge is 0.573 e. The van der Waals surface area contributed by atoms with E-state index in [0.29, 0.717) is 11.3 Å². The van der Waals surface area contributed by atoms with Gasteiger partial charge in [0.25, 0.3) is 0 Å². The summed E-state index contributed by atoms with van der Waals surface area (Å²) in [7, 11) is 0. The summed E-state index contributed by atoms with van der Waals surface area (Å²) in [5, 5.41) is 3.13. The highest BCUT2D eigenvalue weighted by Crippen LogP contribution is 2.26. The zero-order chi connectivity index (χ0) is 15.5. The molecule has 0 amide bonds. The number of ether oxygens (including phenoxy) is 1. The average molecular weight is 320 g/mol. The molecule has 0 atom stereocenters. The Kier molecular flexibility index (Phi) is 4.57.